The molecule has 6 nitrogen and oxygen atoms in total. The average Bonchev–Trinajstić information content (AvgIpc) is 3.71. The van der Waals surface area contributed by atoms with Crippen molar-refractivity contribution in [3.63, 3.8) is 0 Å². The van der Waals surface area contributed by atoms with E-state index in [2.05, 4.69) is 117 Å². The number of hydrogen-bond acceptors (Lipinski definition) is 4. The van der Waals surface area contributed by atoms with Crippen LogP contribution in [0.1, 0.15) is 50.5 Å². The van der Waals surface area contributed by atoms with E-state index in [4.69, 9.17) is 19.3 Å². The topological polar surface area (TPSA) is 75.8 Å². The van der Waals surface area contributed by atoms with Gasteiger partial charge in [0.15, 0.2) is 0 Å². The van der Waals surface area contributed by atoms with Crippen LogP contribution in [0, 0.1) is 0 Å². The van der Waals surface area contributed by atoms with Gasteiger partial charge in [-0.1, -0.05) is 24.3 Å². The molecule has 0 amide bonds. The molecular formula is C32H29BN4O2. The van der Waals surface area contributed by atoms with Gasteiger partial charge in [0.05, 0.1) is 34.0 Å². The van der Waals surface area contributed by atoms with E-state index in [0.29, 0.717) is 0 Å². The number of nitrogens with zero attached hydrogens (tertiary/aromatic N) is 2. The van der Waals surface area contributed by atoms with Crippen molar-refractivity contribution >= 4 is 59.0 Å². The van der Waals surface area contributed by atoms with E-state index in [9.17, 15) is 0 Å². The van der Waals surface area contributed by atoms with E-state index < -0.39 is 7.12 Å². The van der Waals surface area contributed by atoms with Crippen molar-refractivity contribution in [2.75, 3.05) is 0 Å². The summed E-state index contributed by atoms with van der Waals surface area (Å²) in [7, 11) is -0.406. The Kier molecular flexibility index (Phi) is 5.31. The molecule has 3 aliphatic rings. The zero-order chi connectivity index (χ0) is 26.8. The van der Waals surface area contributed by atoms with Crippen LogP contribution in [0.5, 0.6) is 0 Å². The molecule has 0 spiro atoms. The van der Waals surface area contributed by atoms with Gasteiger partial charge in [0.2, 0.25) is 0 Å². The highest BCUT2D eigenvalue weighted by Gasteiger charge is 2.51. The molecule has 7 heteroatoms. The van der Waals surface area contributed by atoms with Crippen molar-refractivity contribution < 1.29 is 9.31 Å². The summed E-state index contributed by atoms with van der Waals surface area (Å²) >= 11 is 0. The first-order valence-electron chi connectivity index (χ1n) is 13.3. The van der Waals surface area contributed by atoms with Gasteiger partial charge >= 0.3 is 7.12 Å². The Bertz CT molecular complexity index is 1720. The van der Waals surface area contributed by atoms with Crippen LogP contribution >= 0.6 is 0 Å². The maximum absolute atomic E-state index is 6.27. The number of H-pyrrole nitrogens is 2. The van der Waals surface area contributed by atoms with Gasteiger partial charge in [-0.2, -0.15) is 0 Å². The number of aromatic amines is 2. The first kappa shape index (κ1) is 23.9. The van der Waals surface area contributed by atoms with E-state index in [1.54, 1.807) is 0 Å². The van der Waals surface area contributed by atoms with Gasteiger partial charge in [-0.25, -0.2) is 9.97 Å². The van der Waals surface area contributed by atoms with Crippen molar-refractivity contribution in [2.45, 2.75) is 38.9 Å². The molecule has 7 rings (SSSR count). The molecule has 1 aromatic carbocycles. The summed E-state index contributed by atoms with van der Waals surface area (Å²) in [6, 6.07) is 22.8. The Morgan fingerprint density at radius 3 is 1.54 bits per heavy atom. The van der Waals surface area contributed by atoms with Crippen LogP contribution in [0.15, 0.2) is 66.7 Å². The Morgan fingerprint density at radius 2 is 1.05 bits per heavy atom. The third-order valence-corrected chi connectivity index (χ3v) is 7.94. The molecule has 1 fully saturated rings. The quantitative estimate of drug-likeness (QED) is 0.256. The van der Waals surface area contributed by atoms with Gasteiger partial charge in [-0.05, 0) is 105 Å². The third-order valence-electron chi connectivity index (χ3n) is 7.94. The molecule has 39 heavy (non-hydrogen) atoms. The SMILES string of the molecule is CC1(C)OB(c2ccc(-c3c4nc(cc5ccc(cc6ccc(cc7nc3C=C7)[nH]6)[nH]5)C=C4)cc2)OC1(C)C. The van der Waals surface area contributed by atoms with Gasteiger partial charge in [0.25, 0.3) is 0 Å². The Morgan fingerprint density at radius 1 is 0.590 bits per heavy atom. The molecule has 4 aromatic rings. The zero-order valence-electron chi connectivity index (χ0n) is 22.4. The fraction of sp³-hybridized carbons (Fsp3) is 0.188. The highest BCUT2D eigenvalue weighted by molar-refractivity contribution is 6.62. The fourth-order valence-electron chi connectivity index (χ4n) is 5.09. The molecule has 0 radical (unpaired) electrons. The van der Waals surface area contributed by atoms with Crippen LogP contribution in [-0.2, 0) is 9.31 Å². The molecule has 0 unspecified atom stereocenters. The van der Waals surface area contributed by atoms with Crippen LogP contribution in [0.25, 0.3) is 57.5 Å². The maximum atomic E-state index is 6.27. The molecule has 0 saturated carbocycles. The smallest absolute Gasteiger partial charge is 0.399 e. The summed E-state index contributed by atoms with van der Waals surface area (Å²) in [6.07, 6.45) is 8.21. The first-order valence-corrected chi connectivity index (χ1v) is 13.3. The minimum atomic E-state index is -0.406. The number of benzene rings is 1. The van der Waals surface area contributed by atoms with Crippen molar-refractivity contribution in [2.24, 2.45) is 0 Å². The summed E-state index contributed by atoms with van der Waals surface area (Å²) in [5.74, 6) is 0. The van der Waals surface area contributed by atoms with Crippen molar-refractivity contribution in [3.05, 3.63) is 89.5 Å². The van der Waals surface area contributed by atoms with Gasteiger partial charge in [0, 0.05) is 27.6 Å². The van der Waals surface area contributed by atoms with Crippen LogP contribution in [-0.4, -0.2) is 38.3 Å². The van der Waals surface area contributed by atoms with Gasteiger partial charge in [-0.15, -0.1) is 0 Å². The maximum Gasteiger partial charge on any atom is 0.494 e. The van der Waals surface area contributed by atoms with Crippen LogP contribution in [0.3, 0.4) is 0 Å². The minimum absolute atomic E-state index is 0.385. The third kappa shape index (κ3) is 4.34. The lowest BCUT2D eigenvalue weighted by atomic mass is 9.78. The lowest BCUT2D eigenvalue weighted by molar-refractivity contribution is 0.00578. The number of aromatic nitrogens is 4. The lowest BCUT2D eigenvalue weighted by Gasteiger charge is -2.32. The molecule has 3 aromatic heterocycles. The molecule has 6 heterocycles. The molecule has 192 valence electrons. The van der Waals surface area contributed by atoms with E-state index in [0.717, 1.165) is 61.4 Å². The summed E-state index contributed by atoms with van der Waals surface area (Å²) in [5.41, 5.74) is 9.80. The van der Waals surface area contributed by atoms with Crippen LogP contribution in [0.4, 0.5) is 0 Å². The fourth-order valence-corrected chi connectivity index (χ4v) is 5.09. The molecule has 0 atom stereocenters. The monoisotopic (exact) mass is 512 g/mol. The highest BCUT2D eigenvalue weighted by atomic mass is 16.7. The normalized spacial score (nSPS) is 17.2. The largest absolute Gasteiger partial charge is 0.494 e. The van der Waals surface area contributed by atoms with Gasteiger partial charge < -0.3 is 19.3 Å². The molecule has 3 aliphatic heterocycles. The summed E-state index contributed by atoms with van der Waals surface area (Å²) in [4.78, 5) is 16.9. The zero-order valence-corrected chi connectivity index (χ0v) is 22.4. The first-order chi connectivity index (χ1) is 18.7. The van der Waals surface area contributed by atoms with Crippen LogP contribution in [0.2, 0.25) is 0 Å². The lowest BCUT2D eigenvalue weighted by Crippen LogP contribution is -2.41. The number of hydrogen-bond donors (Lipinski definition) is 2. The molecule has 8 bridgehead atoms. The number of nitrogens with one attached hydrogen (secondary N) is 2. The standard InChI is InChI=1S/C32H29BN4O2/c1-31(2)32(3,4)39-33(38-31)21-7-5-20(6-8-21)30-28-15-13-26(36-28)18-24-11-9-22(34-24)17-23-10-12-25(35-23)19-27-14-16-29(30)37-27/h5-19,34-35H,1-4H3. The highest BCUT2D eigenvalue weighted by Crippen LogP contribution is 2.37. The summed E-state index contributed by atoms with van der Waals surface area (Å²) < 4.78 is 12.5. The Labute approximate surface area is 227 Å². The molecule has 0 aliphatic carbocycles. The Hall–Kier alpha value is -4.20. The molecule has 1 saturated heterocycles. The van der Waals surface area contributed by atoms with Crippen LogP contribution < -0.4 is 5.46 Å². The minimum Gasteiger partial charge on any atom is -0.399 e. The van der Waals surface area contributed by atoms with Crippen molar-refractivity contribution in [1.82, 2.24) is 19.9 Å². The summed E-state index contributed by atoms with van der Waals surface area (Å²) in [6.45, 7) is 8.28. The molecular weight excluding hydrogens is 483 g/mol. The van der Waals surface area contributed by atoms with E-state index >= 15 is 0 Å². The molecule has 2 N–H and O–H groups in total. The van der Waals surface area contributed by atoms with Gasteiger partial charge in [-0.3, -0.25) is 0 Å². The van der Waals surface area contributed by atoms with Crippen molar-refractivity contribution in [1.29, 1.82) is 0 Å². The number of fused-ring (bicyclic) bond motifs is 8. The van der Waals surface area contributed by atoms with E-state index in [1.165, 1.54) is 0 Å². The second kappa shape index (κ2) is 8.66. The second-order valence-electron chi connectivity index (χ2n) is 11.3. The Balaban J connectivity index is 1.39. The summed E-state index contributed by atoms with van der Waals surface area (Å²) in [5, 5.41) is 0. The second-order valence-corrected chi connectivity index (χ2v) is 11.3. The van der Waals surface area contributed by atoms with E-state index in [1.807, 2.05) is 12.2 Å². The van der Waals surface area contributed by atoms with Gasteiger partial charge in [0.1, 0.15) is 0 Å². The van der Waals surface area contributed by atoms with Crippen molar-refractivity contribution in [3.8, 4) is 11.1 Å². The predicted octanol–water partition coefficient (Wildman–Crippen LogP) is 6.62. The number of rotatable bonds is 2. The predicted molar refractivity (Wildman–Crippen MR) is 160 cm³/mol. The van der Waals surface area contributed by atoms with E-state index in [-0.39, 0.29) is 11.2 Å². The average molecular weight is 512 g/mol.